The van der Waals surface area contributed by atoms with E-state index in [1.54, 1.807) is 0 Å². The molecule has 0 aliphatic heterocycles. The van der Waals surface area contributed by atoms with E-state index in [0.717, 1.165) is 18.2 Å². The minimum atomic E-state index is 0.183. The summed E-state index contributed by atoms with van der Waals surface area (Å²) in [6.07, 6.45) is 2.72. The second-order valence-corrected chi connectivity index (χ2v) is 4.46. The first kappa shape index (κ1) is 12.9. The molecule has 2 nitrogen and oxygen atoms in total. The molecule has 0 fully saturated rings. The zero-order valence-corrected chi connectivity index (χ0v) is 10.4. The number of carbonyl (C=O) groups is 1. The molecule has 3 heteroatoms. The van der Waals surface area contributed by atoms with E-state index in [1.807, 2.05) is 6.92 Å². The zero-order valence-electron chi connectivity index (χ0n) is 8.77. The van der Waals surface area contributed by atoms with Crippen molar-refractivity contribution in [3.05, 3.63) is 0 Å². The lowest BCUT2D eigenvalue weighted by Crippen LogP contribution is -2.33. The average Bonchev–Trinajstić information content (AvgIpc) is 2.04. The maximum Gasteiger partial charge on any atom is 0.220 e. The van der Waals surface area contributed by atoms with E-state index in [2.05, 4.69) is 35.1 Å². The van der Waals surface area contributed by atoms with Gasteiger partial charge in [0.15, 0.2) is 0 Å². The number of halogens is 1. The molecule has 13 heavy (non-hydrogen) atoms. The maximum absolute atomic E-state index is 11.4. The van der Waals surface area contributed by atoms with E-state index in [1.165, 1.54) is 0 Å². The molecular formula is C10H20BrNO. The van der Waals surface area contributed by atoms with Gasteiger partial charge in [0.25, 0.3) is 0 Å². The van der Waals surface area contributed by atoms with Gasteiger partial charge in [-0.15, -0.1) is 0 Å². The monoisotopic (exact) mass is 249 g/mol. The Morgan fingerprint density at radius 1 is 1.46 bits per heavy atom. The van der Waals surface area contributed by atoms with Crippen LogP contribution >= 0.6 is 15.9 Å². The van der Waals surface area contributed by atoms with E-state index in [4.69, 9.17) is 0 Å². The van der Waals surface area contributed by atoms with Crippen LogP contribution in [-0.2, 0) is 4.79 Å². The Hall–Kier alpha value is -0.0500. The fourth-order valence-electron chi connectivity index (χ4n) is 1.03. The van der Waals surface area contributed by atoms with Gasteiger partial charge in [-0.05, 0) is 19.3 Å². The Bertz CT molecular complexity index is 150. The van der Waals surface area contributed by atoms with E-state index in [9.17, 15) is 4.79 Å². The molecule has 78 valence electrons. The predicted octanol–water partition coefficient (Wildman–Crippen LogP) is 2.71. The van der Waals surface area contributed by atoms with Crippen molar-refractivity contribution >= 4 is 21.8 Å². The smallest absolute Gasteiger partial charge is 0.220 e. The van der Waals surface area contributed by atoms with Crippen LogP contribution in [0.25, 0.3) is 0 Å². The van der Waals surface area contributed by atoms with Crippen LogP contribution in [0.1, 0.15) is 40.0 Å². The topological polar surface area (TPSA) is 29.1 Å². The molecule has 0 heterocycles. The van der Waals surface area contributed by atoms with Crippen molar-refractivity contribution in [3.8, 4) is 0 Å². The SMILES string of the molecule is CCC(C)CC(=O)NC(C)CCBr. The summed E-state index contributed by atoms with van der Waals surface area (Å²) < 4.78 is 0. The van der Waals surface area contributed by atoms with Crippen molar-refractivity contribution in [3.63, 3.8) is 0 Å². The van der Waals surface area contributed by atoms with E-state index >= 15 is 0 Å². The number of hydrogen-bond acceptors (Lipinski definition) is 1. The molecule has 1 N–H and O–H groups in total. The molecule has 0 aliphatic rings. The highest BCUT2D eigenvalue weighted by atomic mass is 79.9. The molecule has 0 radical (unpaired) electrons. The summed E-state index contributed by atoms with van der Waals surface area (Å²) in [4.78, 5) is 11.4. The Kier molecular flexibility index (Phi) is 7.33. The molecule has 0 saturated carbocycles. The summed E-state index contributed by atoms with van der Waals surface area (Å²) in [6.45, 7) is 6.25. The van der Waals surface area contributed by atoms with Crippen LogP contribution in [-0.4, -0.2) is 17.3 Å². The minimum absolute atomic E-state index is 0.183. The van der Waals surface area contributed by atoms with Gasteiger partial charge in [0, 0.05) is 17.8 Å². The summed E-state index contributed by atoms with van der Waals surface area (Å²) in [5, 5.41) is 3.92. The highest BCUT2D eigenvalue weighted by Gasteiger charge is 2.09. The van der Waals surface area contributed by atoms with Gasteiger partial charge in [-0.2, -0.15) is 0 Å². The molecule has 2 atom stereocenters. The third kappa shape index (κ3) is 7.05. The van der Waals surface area contributed by atoms with Crippen LogP contribution in [0, 0.1) is 5.92 Å². The van der Waals surface area contributed by atoms with Gasteiger partial charge in [-0.1, -0.05) is 36.2 Å². The van der Waals surface area contributed by atoms with Crippen molar-refractivity contribution < 1.29 is 4.79 Å². The second-order valence-electron chi connectivity index (χ2n) is 3.66. The van der Waals surface area contributed by atoms with Gasteiger partial charge in [0.05, 0.1) is 0 Å². The third-order valence-electron chi connectivity index (χ3n) is 2.18. The summed E-state index contributed by atoms with van der Waals surface area (Å²) in [5.41, 5.74) is 0. The fraction of sp³-hybridized carbons (Fsp3) is 0.900. The van der Waals surface area contributed by atoms with Gasteiger partial charge in [-0.25, -0.2) is 0 Å². The lowest BCUT2D eigenvalue weighted by molar-refractivity contribution is -0.122. The second kappa shape index (κ2) is 7.36. The maximum atomic E-state index is 11.4. The third-order valence-corrected chi connectivity index (χ3v) is 2.64. The molecule has 0 saturated heterocycles. The average molecular weight is 250 g/mol. The minimum Gasteiger partial charge on any atom is -0.354 e. The standard InChI is InChI=1S/C10H20BrNO/c1-4-8(2)7-10(13)12-9(3)5-6-11/h8-9H,4-7H2,1-3H3,(H,12,13). The summed E-state index contributed by atoms with van der Waals surface area (Å²) in [5.74, 6) is 0.680. The predicted molar refractivity (Wildman–Crippen MR) is 60.1 cm³/mol. The van der Waals surface area contributed by atoms with E-state index in [-0.39, 0.29) is 11.9 Å². The molecule has 2 unspecified atom stereocenters. The molecular weight excluding hydrogens is 230 g/mol. The number of carbonyl (C=O) groups excluding carboxylic acids is 1. The van der Waals surface area contributed by atoms with Crippen LogP contribution in [0.3, 0.4) is 0 Å². The Morgan fingerprint density at radius 2 is 2.08 bits per heavy atom. The molecule has 0 rings (SSSR count). The Morgan fingerprint density at radius 3 is 2.54 bits per heavy atom. The Labute approximate surface area is 89.6 Å². The zero-order chi connectivity index (χ0) is 10.3. The van der Waals surface area contributed by atoms with E-state index in [0.29, 0.717) is 12.3 Å². The number of amides is 1. The molecule has 0 spiro atoms. The number of rotatable bonds is 6. The molecule has 0 aliphatic carbocycles. The summed E-state index contributed by atoms with van der Waals surface area (Å²) >= 11 is 3.35. The number of nitrogens with one attached hydrogen (secondary N) is 1. The summed E-state index contributed by atoms with van der Waals surface area (Å²) in [6, 6.07) is 0.288. The Balaban J connectivity index is 3.61. The highest BCUT2D eigenvalue weighted by Crippen LogP contribution is 2.06. The molecule has 0 aromatic rings. The summed E-state index contributed by atoms with van der Waals surface area (Å²) in [7, 11) is 0. The van der Waals surface area contributed by atoms with Gasteiger partial charge in [0.1, 0.15) is 0 Å². The largest absolute Gasteiger partial charge is 0.354 e. The molecule has 0 bridgehead atoms. The quantitative estimate of drug-likeness (QED) is 0.721. The van der Waals surface area contributed by atoms with Crippen molar-refractivity contribution in [2.24, 2.45) is 5.92 Å². The lowest BCUT2D eigenvalue weighted by Gasteiger charge is -2.14. The van der Waals surface area contributed by atoms with Crippen molar-refractivity contribution in [2.45, 2.75) is 46.1 Å². The van der Waals surface area contributed by atoms with E-state index < -0.39 is 0 Å². The van der Waals surface area contributed by atoms with Gasteiger partial charge < -0.3 is 5.32 Å². The fourth-order valence-corrected chi connectivity index (χ4v) is 1.72. The molecule has 0 aromatic carbocycles. The first-order chi connectivity index (χ1) is 6.10. The van der Waals surface area contributed by atoms with Crippen molar-refractivity contribution in [1.29, 1.82) is 0 Å². The van der Waals surface area contributed by atoms with Crippen LogP contribution in [0.15, 0.2) is 0 Å². The highest BCUT2D eigenvalue weighted by molar-refractivity contribution is 9.09. The van der Waals surface area contributed by atoms with Crippen LogP contribution < -0.4 is 5.32 Å². The van der Waals surface area contributed by atoms with Gasteiger partial charge in [-0.3, -0.25) is 4.79 Å². The van der Waals surface area contributed by atoms with Gasteiger partial charge >= 0.3 is 0 Å². The number of hydrogen-bond donors (Lipinski definition) is 1. The van der Waals surface area contributed by atoms with Crippen molar-refractivity contribution in [1.82, 2.24) is 5.32 Å². The molecule has 0 aromatic heterocycles. The first-order valence-corrected chi connectivity index (χ1v) is 6.07. The van der Waals surface area contributed by atoms with Crippen LogP contribution in [0.5, 0.6) is 0 Å². The van der Waals surface area contributed by atoms with Crippen molar-refractivity contribution in [2.75, 3.05) is 5.33 Å². The first-order valence-electron chi connectivity index (χ1n) is 4.95. The molecule has 1 amide bonds. The normalized spacial score (nSPS) is 15.1. The number of alkyl halides is 1. The van der Waals surface area contributed by atoms with Crippen LogP contribution in [0.4, 0.5) is 0 Å². The lowest BCUT2D eigenvalue weighted by atomic mass is 10.0. The van der Waals surface area contributed by atoms with Crippen LogP contribution in [0.2, 0.25) is 0 Å². The van der Waals surface area contributed by atoms with Gasteiger partial charge in [0.2, 0.25) is 5.91 Å².